The van der Waals surface area contributed by atoms with Gasteiger partial charge in [0.1, 0.15) is 0 Å². The van der Waals surface area contributed by atoms with E-state index in [-0.39, 0.29) is 23.9 Å². The average molecular weight is 428 g/mol. The number of piperidine rings is 1. The van der Waals surface area contributed by atoms with E-state index in [1.54, 1.807) is 0 Å². The zero-order valence-corrected chi connectivity index (χ0v) is 18.8. The summed E-state index contributed by atoms with van der Waals surface area (Å²) in [6.45, 7) is 8.87. The fourth-order valence-corrected chi connectivity index (χ4v) is 4.58. The van der Waals surface area contributed by atoms with Crippen molar-refractivity contribution in [3.8, 4) is 0 Å². The molecule has 2 amide bonds. The number of nitrogens with one attached hydrogen (secondary N) is 2. The molecule has 4 rings (SSSR count). The lowest BCUT2D eigenvalue weighted by molar-refractivity contribution is -0.128. The fourth-order valence-electron chi connectivity index (χ4n) is 4.58. The van der Waals surface area contributed by atoms with Crippen LogP contribution < -0.4 is 10.6 Å². The van der Waals surface area contributed by atoms with Gasteiger partial charge >= 0.3 is 0 Å². The van der Waals surface area contributed by atoms with Gasteiger partial charge in [0.2, 0.25) is 11.8 Å². The summed E-state index contributed by atoms with van der Waals surface area (Å²) in [6, 6.07) is 11.2. The molecule has 2 heterocycles. The summed E-state index contributed by atoms with van der Waals surface area (Å²) < 4.78 is 0. The zero-order chi connectivity index (χ0) is 21.6. The van der Waals surface area contributed by atoms with E-state index in [2.05, 4.69) is 55.7 Å². The van der Waals surface area contributed by atoms with Crippen molar-refractivity contribution < 1.29 is 9.59 Å². The van der Waals surface area contributed by atoms with Gasteiger partial charge in [-0.3, -0.25) is 24.3 Å². The Balaban J connectivity index is 1.13. The van der Waals surface area contributed by atoms with Crippen molar-refractivity contribution in [1.29, 1.82) is 0 Å². The van der Waals surface area contributed by atoms with E-state index in [1.807, 2.05) is 6.92 Å². The van der Waals surface area contributed by atoms with E-state index >= 15 is 0 Å². The third-order valence-corrected chi connectivity index (χ3v) is 6.83. The number of hydrogen-bond acceptors (Lipinski definition) is 5. The van der Waals surface area contributed by atoms with Gasteiger partial charge in [-0.05, 0) is 38.2 Å². The first kappa shape index (κ1) is 22.2. The first-order chi connectivity index (χ1) is 15.1. The second-order valence-corrected chi connectivity index (χ2v) is 9.37. The Morgan fingerprint density at radius 1 is 0.871 bits per heavy atom. The minimum atomic E-state index is -0.121. The highest BCUT2D eigenvalue weighted by Crippen LogP contribution is 2.18. The molecule has 1 saturated carbocycles. The summed E-state index contributed by atoms with van der Waals surface area (Å²) >= 11 is 0. The standard InChI is InChI=1S/C24H37N5O2/c1-19(29-15-13-28(14-16-29)18-23(30)25-21-7-8-21)24(31)26-22-9-11-27(12-10-22)17-20-5-3-2-4-6-20/h2-6,19,21-22H,7-18H2,1H3,(H,25,30)(H,26,31). The van der Waals surface area contributed by atoms with E-state index in [0.717, 1.165) is 71.5 Å². The SMILES string of the molecule is CC(C(=O)NC1CCN(Cc2ccccc2)CC1)N1CCN(CC(=O)NC2CC2)CC1. The number of hydrogen-bond donors (Lipinski definition) is 2. The molecule has 1 aliphatic carbocycles. The smallest absolute Gasteiger partial charge is 0.237 e. The fraction of sp³-hybridized carbons (Fsp3) is 0.667. The third-order valence-electron chi connectivity index (χ3n) is 6.83. The van der Waals surface area contributed by atoms with Crippen LogP contribution in [0.3, 0.4) is 0 Å². The van der Waals surface area contributed by atoms with Crippen LogP contribution >= 0.6 is 0 Å². The lowest BCUT2D eigenvalue weighted by atomic mass is 10.0. The molecule has 170 valence electrons. The Hall–Kier alpha value is -1.96. The van der Waals surface area contributed by atoms with Crippen molar-refractivity contribution in [3.63, 3.8) is 0 Å². The molecule has 2 saturated heterocycles. The minimum absolute atomic E-state index is 0.121. The lowest BCUT2D eigenvalue weighted by Crippen LogP contribution is -2.56. The summed E-state index contributed by atoms with van der Waals surface area (Å²) in [7, 11) is 0. The van der Waals surface area contributed by atoms with E-state index in [9.17, 15) is 9.59 Å². The Kier molecular flexibility index (Phi) is 7.58. The van der Waals surface area contributed by atoms with Crippen LogP contribution in [0.1, 0.15) is 38.2 Å². The van der Waals surface area contributed by atoms with Crippen molar-refractivity contribution in [2.75, 3.05) is 45.8 Å². The van der Waals surface area contributed by atoms with E-state index in [4.69, 9.17) is 0 Å². The van der Waals surface area contributed by atoms with E-state index in [1.165, 1.54) is 5.56 Å². The van der Waals surface area contributed by atoms with E-state index < -0.39 is 0 Å². The number of carbonyl (C=O) groups excluding carboxylic acids is 2. The monoisotopic (exact) mass is 427 g/mol. The molecular weight excluding hydrogens is 390 g/mol. The summed E-state index contributed by atoms with van der Waals surface area (Å²) in [5.74, 6) is 0.279. The number of carbonyl (C=O) groups is 2. The van der Waals surface area contributed by atoms with Crippen molar-refractivity contribution >= 4 is 11.8 Å². The van der Waals surface area contributed by atoms with Crippen LogP contribution in [-0.2, 0) is 16.1 Å². The van der Waals surface area contributed by atoms with Crippen LogP contribution in [0.5, 0.6) is 0 Å². The number of nitrogens with zero attached hydrogens (tertiary/aromatic N) is 3. The van der Waals surface area contributed by atoms with Crippen LogP contribution in [-0.4, -0.2) is 90.5 Å². The highest BCUT2D eigenvalue weighted by Gasteiger charge is 2.29. The molecule has 2 aliphatic heterocycles. The highest BCUT2D eigenvalue weighted by atomic mass is 16.2. The predicted molar refractivity (Wildman–Crippen MR) is 122 cm³/mol. The molecule has 1 unspecified atom stereocenters. The number of piperazine rings is 1. The van der Waals surface area contributed by atoms with Gasteiger partial charge in [0.25, 0.3) is 0 Å². The van der Waals surface area contributed by atoms with Gasteiger partial charge in [0.05, 0.1) is 12.6 Å². The minimum Gasteiger partial charge on any atom is -0.352 e. The molecule has 31 heavy (non-hydrogen) atoms. The maximum atomic E-state index is 12.8. The van der Waals surface area contributed by atoms with Gasteiger partial charge in [-0.15, -0.1) is 0 Å². The second-order valence-electron chi connectivity index (χ2n) is 9.37. The molecule has 1 atom stereocenters. The van der Waals surface area contributed by atoms with Crippen molar-refractivity contribution in [2.45, 2.75) is 57.3 Å². The Bertz CT molecular complexity index is 723. The van der Waals surface area contributed by atoms with E-state index in [0.29, 0.717) is 12.6 Å². The van der Waals surface area contributed by atoms with Gasteiger partial charge in [-0.25, -0.2) is 0 Å². The normalized spacial score (nSPS) is 22.7. The van der Waals surface area contributed by atoms with Crippen molar-refractivity contribution in [2.24, 2.45) is 0 Å². The number of rotatable bonds is 8. The largest absolute Gasteiger partial charge is 0.352 e. The quantitative estimate of drug-likeness (QED) is 0.649. The molecule has 3 fully saturated rings. The molecule has 0 aromatic heterocycles. The Labute approximate surface area is 186 Å². The van der Waals surface area contributed by atoms with Crippen LogP contribution in [0.15, 0.2) is 30.3 Å². The Morgan fingerprint density at radius 2 is 1.52 bits per heavy atom. The zero-order valence-electron chi connectivity index (χ0n) is 18.8. The van der Waals surface area contributed by atoms with Crippen LogP contribution in [0, 0.1) is 0 Å². The summed E-state index contributed by atoms with van der Waals surface area (Å²) in [6.07, 6.45) is 4.26. The Morgan fingerprint density at radius 3 is 2.16 bits per heavy atom. The summed E-state index contributed by atoms with van der Waals surface area (Å²) in [5.41, 5.74) is 1.35. The predicted octanol–water partition coefficient (Wildman–Crippen LogP) is 1.05. The molecule has 3 aliphatic rings. The lowest BCUT2D eigenvalue weighted by Gasteiger charge is -2.38. The summed E-state index contributed by atoms with van der Waals surface area (Å²) in [5, 5.41) is 6.34. The molecule has 7 heteroatoms. The molecule has 7 nitrogen and oxygen atoms in total. The van der Waals surface area contributed by atoms with Gasteiger partial charge in [0, 0.05) is 57.9 Å². The first-order valence-electron chi connectivity index (χ1n) is 11.9. The van der Waals surface area contributed by atoms with Crippen LogP contribution in [0.25, 0.3) is 0 Å². The topological polar surface area (TPSA) is 67.9 Å². The molecule has 1 aromatic rings. The molecular formula is C24H37N5O2. The average Bonchev–Trinajstić information content (AvgIpc) is 3.59. The highest BCUT2D eigenvalue weighted by molar-refractivity contribution is 5.81. The number of likely N-dealkylation sites (tertiary alicyclic amines) is 1. The van der Waals surface area contributed by atoms with Gasteiger partial charge in [-0.1, -0.05) is 30.3 Å². The van der Waals surface area contributed by atoms with Crippen LogP contribution in [0.4, 0.5) is 0 Å². The number of benzene rings is 1. The third kappa shape index (κ3) is 6.76. The van der Waals surface area contributed by atoms with Gasteiger partial charge < -0.3 is 10.6 Å². The molecule has 0 spiro atoms. The van der Waals surface area contributed by atoms with Gasteiger partial charge in [-0.2, -0.15) is 0 Å². The van der Waals surface area contributed by atoms with Crippen molar-refractivity contribution in [3.05, 3.63) is 35.9 Å². The first-order valence-corrected chi connectivity index (χ1v) is 11.9. The van der Waals surface area contributed by atoms with Crippen LogP contribution in [0.2, 0.25) is 0 Å². The molecule has 1 aromatic carbocycles. The van der Waals surface area contributed by atoms with Gasteiger partial charge in [0.15, 0.2) is 0 Å². The molecule has 0 bridgehead atoms. The summed E-state index contributed by atoms with van der Waals surface area (Å²) in [4.78, 5) is 31.7. The number of amides is 2. The molecule has 2 N–H and O–H groups in total. The maximum Gasteiger partial charge on any atom is 0.237 e. The molecule has 0 radical (unpaired) electrons. The maximum absolute atomic E-state index is 12.8. The van der Waals surface area contributed by atoms with Crippen molar-refractivity contribution in [1.82, 2.24) is 25.3 Å². The second kappa shape index (κ2) is 10.6.